The van der Waals surface area contributed by atoms with E-state index in [1.165, 1.54) is 13.2 Å². The lowest BCUT2D eigenvalue weighted by atomic mass is 9.85. The minimum Gasteiger partial charge on any atom is -0.496 e. The summed E-state index contributed by atoms with van der Waals surface area (Å²) in [6.07, 6.45) is 3.14. The van der Waals surface area contributed by atoms with Gasteiger partial charge in [-0.1, -0.05) is 20.8 Å². The standard InChI is InChI=1S/C30H38O6/c1-28(2,3)22-17-20(24(34-10)18-25(22)36-27(33)30(7,8)9)13-16-23(31)19-11-14-21(15-12-19)35-26(32)29(4,5)6/h11-18H,1-10H3. The summed E-state index contributed by atoms with van der Waals surface area (Å²) in [4.78, 5) is 37.4. The van der Waals surface area contributed by atoms with E-state index in [1.54, 1.807) is 78.0 Å². The monoisotopic (exact) mass is 494 g/mol. The van der Waals surface area contributed by atoms with Crippen molar-refractivity contribution in [2.75, 3.05) is 7.11 Å². The number of benzene rings is 2. The first-order chi connectivity index (χ1) is 16.4. The van der Waals surface area contributed by atoms with E-state index in [0.717, 1.165) is 5.56 Å². The molecule has 0 amide bonds. The molecule has 0 aliphatic heterocycles. The van der Waals surface area contributed by atoms with E-state index in [1.807, 2.05) is 26.8 Å². The number of allylic oxidation sites excluding steroid dienone is 1. The van der Waals surface area contributed by atoms with Crippen molar-refractivity contribution in [2.24, 2.45) is 10.8 Å². The lowest BCUT2D eigenvalue weighted by Gasteiger charge is -2.25. The lowest BCUT2D eigenvalue weighted by molar-refractivity contribution is -0.143. The summed E-state index contributed by atoms with van der Waals surface area (Å²) in [5.74, 6) is 0.389. The van der Waals surface area contributed by atoms with Gasteiger partial charge in [-0.15, -0.1) is 0 Å². The van der Waals surface area contributed by atoms with E-state index in [0.29, 0.717) is 28.4 Å². The second-order valence-corrected chi connectivity index (χ2v) is 11.8. The second kappa shape index (κ2) is 10.7. The second-order valence-electron chi connectivity index (χ2n) is 11.8. The molecule has 6 nitrogen and oxygen atoms in total. The quantitative estimate of drug-likeness (QED) is 0.190. The van der Waals surface area contributed by atoms with Crippen LogP contribution in [0.4, 0.5) is 0 Å². The number of ketones is 1. The number of carbonyl (C=O) groups is 3. The van der Waals surface area contributed by atoms with E-state index in [4.69, 9.17) is 14.2 Å². The minimum atomic E-state index is -0.659. The number of rotatable bonds is 6. The van der Waals surface area contributed by atoms with Gasteiger partial charge in [0.15, 0.2) is 5.78 Å². The van der Waals surface area contributed by atoms with Gasteiger partial charge in [0.25, 0.3) is 0 Å². The van der Waals surface area contributed by atoms with Crippen molar-refractivity contribution in [3.8, 4) is 17.2 Å². The Kier molecular flexibility index (Phi) is 8.56. The molecule has 36 heavy (non-hydrogen) atoms. The number of hydrogen-bond donors (Lipinski definition) is 0. The summed E-state index contributed by atoms with van der Waals surface area (Å²) in [6.45, 7) is 16.8. The Morgan fingerprint density at radius 2 is 1.25 bits per heavy atom. The molecule has 0 aliphatic carbocycles. The molecule has 0 aliphatic rings. The molecule has 0 heterocycles. The Bertz CT molecular complexity index is 1150. The van der Waals surface area contributed by atoms with Crippen LogP contribution in [0.2, 0.25) is 0 Å². The van der Waals surface area contributed by atoms with E-state index >= 15 is 0 Å². The molecule has 194 valence electrons. The summed E-state index contributed by atoms with van der Waals surface area (Å²) in [6, 6.07) is 9.99. The Balaban J connectivity index is 2.33. The van der Waals surface area contributed by atoms with Gasteiger partial charge < -0.3 is 14.2 Å². The summed E-state index contributed by atoms with van der Waals surface area (Å²) in [7, 11) is 1.53. The maximum Gasteiger partial charge on any atom is 0.316 e. The zero-order chi connectivity index (χ0) is 27.5. The first-order valence-electron chi connectivity index (χ1n) is 11.9. The number of hydrogen-bond acceptors (Lipinski definition) is 6. The Morgan fingerprint density at radius 3 is 1.72 bits per heavy atom. The van der Waals surface area contributed by atoms with Crippen LogP contribution in [0, 0.1) is 10.8 Å². The third kappa shape index (κ3) is 7.54. The van der Waals surface area contributed by atoms with Crippen molar-refractivity contribution in [3.63, 3.8) is 0 Å². The van der Waals surface area contributed by atoms with Gasteiger partial charge in [-0.05, 0) is 89.4 Å². The van der Waals surface area contributed by atoms with Crippen molar-refractivity contribution in [1.29, 1.82) is 0 Å². The fraction of sp³-hybridized carbons (Fsp3) is 0.433. The average Bonchev–Trinajstić information content (AvgIpc) is 2.76. The van der Waals surface area contributed by atoms with Crippen molar-refractivity contribution in [1.82, 2.24) is 0 Å². The van der Waals surface area contributed by atoms with Crippen LogP contribution in [-0.4, -0.2) is 24.8 Å². The molecule has 0 N–H and O–H groups in total. The smallest absolute Gasteiger partial charge is 0.316 e. The van der Waals surface area contributed by atoms with Crippen LogP contribution in [0.15, 0.2) is 42.5 Å². The summed E-state index contributed by atoms with van der Waals surface area (Å²) in [5, 5.41) is 0. The van der Waals surface area contributed by atoms with Gasteiger partial charge in [-0.25, -0.2) is 0 Å². The molecule has 0 aromatic heterocycles. The van der Waals surface area contributed by atoms with Crippen molar-refractivity contribution >= 4 is 23.8 Å². The maximum absolute atomic E-state index is 12.8. The van der Waals surface area contributed by atoms with Gasteiger partial charge in [0.2, 0.25) is 0 Å². The Labute approximate surface area is 214 Å². The van der Waals surface area contributed by atoms with Crippen molar-refractivity contribution < 1.29 is 28.6 Å². The molecule has 0 bridgehead atoms. The molecular weight excluding hydrogens is 456 g/mol. The van der Waals surface area contributed by atoms with Crippen LogP contribution < -0.4 is 14.2 Å². The highest BCUT2D eigenvalue weighted by Crippen LogP contribution is 2.38. The van der Waals surface area contributed by atoms with Crippen LogP contribution >= 0.6 is 0 Å². The van der Waals surface area contributed by atoms with Gasteiger partial charge in [0.1, 0.15) is 17.2 Å². The third-order valence-corrected chi connectivity index (χ3v) is 5.33. The van der Waals surface area contributed by atoms with Gasteiger partial charge in [0, 0.05) is 22.8 Å². The minimum absolute atomic E-state index is 0.216. The van der Waals surface area contributed by atoms with Crippen LogP contribution in [0.25, 0.3) is 6.08 Å². The molecule has 0 radical (unpaired) electrons. The zero-order valence-corrected chi connectivity index (χ0v) is 23.1. The fourth-order valence-electron chi connectivity index (χ4n) is 3.02. The van der Waals surface area contributed by atoms with Gasteiger partial charge in [0.05, 0.1) is 17.9 Å². The highest BCUT2D eigenvalue weighted by molar-refractivity contribution is 6.07. The van der Waals surface area contributed by atoms with E-state index in [9.17, 15) is 14.4 Å². The lowest BCUT2D eigenvalue weighted by Crippen LogP contribution is -2.27. The SMILES string of the molecule is COc1cc(OC(=O)C(C)(C)C)c(C(C)(C)C)cc1C=CC(=O)c1ccc(OC(=O)C(C)(C)C)cc1. The number of methoxy groups -OCH3 is 1. The Morgan fingerprint density at radius 1 is 0.722 bits per heavy atom. The van der Waals surface area contributed by atoms with Crippen molar-refractivity contribution in [2.45, 2.75) is 67.7 Å². The molecule has 0 atom stereocenters. The molecule has 0 saturated heterocycles. The highest BCUT2D eigenvalue weighted by atomic mass is 16.5. The summed E-state index contributed by atoms with van der Waals surface area (Å²) in [5.41, 5.74) is 0.344. The molecule has 0 fully saturated rings. The van der Waals surface area contributed by atoms with Crippen LogP contribution in [0.1, 0.15) is 83.8 Å². The highest BCUT2D eigenvalue weighted by Gasteiger charge is 2.28. The molecule has 2 rings (SSSR count). The zero-order valence-electron chi connectivity index (χ0n) is 23.1. The number of carbonyl (C=O) groups excluding carboxylic acids is 3. The maximum atomic E-state index is 12.8. The van der Waals surface area contributed by atoms with Crippen molar-refractivity contribution in [3.05, 3.63) is 59.2 Å². The molecule has 0 spiro atoms. The van der Waals surface area contributed by atoms with Crippen LogP contribution in [0.3, 0.4) is 0 Å². The predicted molar refractivity (Wildman–Crippen MR) is 142 cm³/mol. The molecule has 0 saturated carbocycles. The average molecular weight is 495 g/mol. The molecule has 2 aromatic carbocycles. The van der Waals surface area contributed by atoms with Crippen LogP contribution in [0.5, 0.6) is 17.2 Å². The predicted octanol–water partition coefficient (Wildman–Crippen LogP) is 6.79. The molecular formula is C30H38O6. The summed E-state index contributed by atoms with van der Waals surface area (Å²) < 4.78 is 16.6. The Hall–Kier alpha value is -3.41. The molecule has 0 unspecified atom stereocenters. The van der Waals surface area contributed by atoms with E-state index in [-0.39, 0.29) is 23.1 Å². The molecule has 2 aromatic rings. The van der Waals surface area contributed by atoms with Gasteiger partial charge >= 0.3 is 11.9 Å². The first-order valence-corrected chi connectivity index (χ1v) is 11.9. The van der Waals surface area contributed by atoms with E-state index in [2.05, 4.69) is 0 Å². The largest absolute Gasteiger partial charge is 0.496 e. The topological polar surface area (TPSA) is 78.9 Å². The van der Waals surface area contributed by atoms with Gasteiger partial charge in [-0.3, -0.25) is 14.4 Å². The fourth-order valence-corrected chi connectivity index (χ4v) is 3.02. The van der Waals surface area contributed by atoms with E-state index < -0.39 is 10.8 Å². The summed E-state index contributed by atoms with van der Waals surface area (Å²) >= 11 is 0. The third-order valence-electron chi connectivity index (χ3n) is 5.33. The van der Waals surface area contributed by atoms with Gasteiger partial charge in [-0.2, -0.15) is 0 Å². The number of esters is 2. The normalized spacial score (nSPS) is 12.4. The van der Waals surface area contributed by atoms with Crippen LogP contribution in [-0.2, 0) is 15.0 Å². The molecule has 6 heteroatoms. The first kappa shape index (κ1) is 28.8. The number of ether oxygens (including phenoxy) is 3.